The van der Waals surface area contributed by atoms with Crippen molar-refractivity contribution in [3.05, 3.63) is 6.33 Å². The lowest BCUT2D eigenvalue weighted by Crippen LogP contribution is -2.45. The van der Waals surface area contributed by atoms with Crippen molar-refractivity contribution in [1.29, 1.82) is 0 Å². The molecule has 2 aliphatic rings. The minimum Gasteiger partial charge on any atom is -0.492 e. The standard InChI is InChI=1S/C14H19FN5O6P/c1-6(2)25-27(22)23-4-7-9(26-27)14(3,15)12(24-7)20-5-17-8-10(20)18-13(16)19-11(8)21/h5-7,9,12H,4H2,1-3H3,(H3,16,18,19,21)/t7-,9-,12-,14-,27?/m1/s1. The van der Waals surface area contributed by atoms with E-state index in [1.165, 1.54) is 17.8 Å². The van der Waals surface area contributed by atoms with E-state index in [0.717, 1.165) is 0 Å². The normalized spacial score (nSPS) is 36.4. The maximum atomic E-state index is 15.7. The fraction of sp³-hybridized carbons (Fsp3) is 0.643. The van der Waals surface area contributed by atoms with Gasteiger partial charge in [0.1, 0.15) is 12.2 Å². The number of aromatic hydroxyl groups is 1. The van der Waals surface area contributed by atoms with Crippen LogP contribution in [0.1, 0.15) is 27.0 Å². The van der Waals surface area contributed by atoms with Crippen molar-refractivity contribution in [3.8, 4) is 5.88 Å². The maximum Gasteiger partial charge on any atom is 0.475 e. The summed E-state index contributed by atoms with van der Waals surface area (Å²) in [4.78, 5) is 11.6. The first-order valence-electron chi connectivity index (χ1n) is 8.25. The molecular weight excluding hydrogens is 384 g/mol. The van der Waals surface area contributed by atoms with Crippen LogP contribution in [0.5, 0.6) is 5.88 Å². The zero-order valence-electron chi connectivity index (χ0n) is 14.8. The zero-order valence-corrected chi connectivity index (χ0v) is 15.7. The van der Waals surface area contributed by atoms with Crippen molar-refractivity contribution < 1.29 is 32.4 Å². The van der Waals surface area contributed by atoms with Crippen molar-refractivity contribution in [2.24, 2.45) is 0 Å². The van der Waals surface area contributed by atoms with Gasteiger partial charge in [-0.1, -0.05) is 0 Å². The number of nitrogens with zero attached hydrogens (tertiary/aromatic N) is 4. The molecule has 2 fully saturated rings. The molecule has 2 aromatic rings. The summed E-state index contributed by atoms with van der Waals surface area (Å²) in [6.07, 6.45) is -2.44. The summed E-state index contributed by atoms with van der Waals surface area (Å²) in [6.45, 7) is 4.41. The second-order valence-electron chi connectivity index (χ2n) is 6.83. The smallest absolute Gasteiger partial charge is 0.475 e. The maximum absolute atomic E-state index is 15.7. The molecular formula is C14H19FN5O6P. The van der Waals surface area contributed by atoms with Gasteiger partial charge in [-0.25, -0.2) is 13.9 Å². The van der Waals surface area contributed by atoms with Gasteiger partial charge in [0.05, 0.1) is 19.0 Å². The lowest BCUT2D eigenvalue weighted by molar-refractivity contribution is -0.0733. The van der Waals surface area contributed by atoms with Gasteiger partial charge in [0.15, 0.2) is 23.1 Å². The summed E-state index contributed by atoms with van der Waals surface area (Å²) in [5, 5.41) is 9.86. The second kappa shape index (κ2) is 6.08. The molecule has 3 N–H and O–H groups in total. The van der Waals surface area contributed by atoms with Gasteiger partial charge in [-0.05, 0) is 20.8 Å². The summed E-state index contributed by atoms with van der Waals surface area (Å²) >= 11 is 0. The Labute approximate surface area is 153 Å². The number of hydrogen-bond acceptors (Lipinski definition) is 10. The summed E-state index contributed by atoms with van der Waals surface area (Å²) in [6, 6.07) is 0. The number of hydrogen-bond donors (Lipinski definition) is 2. The number of imidazole rings is 1. The molecule has 4 rings (SSSR count). The number of phosphoric acid groups is 1. The summed E-state index contributed by atoms with van der Waals surface area (Å²) in [7, 11) is -3.92. The first-order valence-corrected chi connectivity index (χ1v) is 9.71. The highest BCUT2D eigenvalue weighted by Gasteiger charge is 2.61. The van der Waals surface area contributed by atoms with Gasteiger partial charge in [0, 0.05) is 0 Å². The molecule has 0 spiro atoms. The first-order chi connectivity index (χ1) is 12.6. The highest BCUT2D eigenvalue weighted by atomic mass is 31.2. The topological polar surface area (TPSA) is 144 Å². The van der Waals surface area contributed by atoms with Crippen LogP contribution in [0.4, 0.5) is 10.3 Å². The third kappa shape index (κ3) is 2.97. The van der Waals surface area contributed by atoms with E-state index in [1.54, 1.807) is 13.8 Å². The minimum atomic E-state index is -3.92. The fourth-order valence-corrected chi connectivity index (χ4v) is 4.88. The van der Waals surface area contributed by atoms with Crippen LogP contribution in [0.15, 0.2) is 6.33 Å². The molecule has 148 valence electrons. The van der Waals surface area contributed by atoms with E-state index in [9.17, 15) is 9.67 Å². The highest BCUT2D eigenvalue weighted by Crippen LogP contribution is 2.60. The number of anilines is 1. The van der Waals surface area contributed by atoms with Crippen LogP contribution < -0.4 is 5.73 Å². The minimum absolute atomic E-state index is 0.0458. The van der Waals surface area contributed by atoms with Gasteiger partial charge in [0.25, 0.3) is 0 Å². The molecule has 11 nitrogen and oxygen atoms in total. The molecule has 5 atom stereocenters. The van der Waals surface area contributed by atoms with Gasteiger partial charge < -0.3 is 15.6 Å². The van der Waals surface area contributed by atoms with E-state index < -0.39 is 43.9 Å². The van der Waals surface area contributed by atoms with Crippen molar-refractivity contribution in [3.63, 3.8) is 0 Å². The molecule has 0 radical (unpaired) electrons. The van der Waals surface area contributed by atoms with E-state index in [0.29, 0.717) is 0 Å². The van der Waals surface area contributed by atoms with E-state index in [1.807, 2.05) is 0 Å². The molecule has 4 heterocycles. The first kappa shape index (κ1) is 18.5. The largest absolute Gasteiger partial charge is 0.492 e. The molecule has 2 saturated heterocycles. The Morgan fingerprint density at radius 1 is 1.52 bits per heavy atom. The van der Waals surface area contributed by atoms with Crippen LogP contribution >= 0.6 is 7.82 Å². The molecule has 0 aliphatic carbocycles. The number of alkyl halides is 1. The van der Waals surface area contributed by atoms with Crippen molar-refractivity contribution in [1.82, 2.24) is 19.5 Å². The number of nitrogens with two attached hydrogens (primary N) is 1. The second-order valence-corrected chi connectivity index (χ2v) is 8.40. The Bertz CT molecular complexity index is 936. The molecule has 1 unspecified atom stereocenters. The predicted octanol–water partition coefficient (Wildman–Crippen LogP) is 1.69. The lowest BCUT2D eigenvalue weighted by atomic mass is 9.98. The third-order valence-electron chi connectivity index (χ3n) is 4.33. The van der Waals surface area contributed by atoms with Crippen LogP contribution in [0.25, 0.3) is 11.2 Å². The van der Waals surface area contributed by atoms with Gasteiger partial charge in [-0.3, -0.25) is 18.1 Å². The number of phosphoric ester groups is 1. The Hall–Kier alpha value is -1.85. The van der Waals surface area contributed by atoms with Crippen LogP contribution in [-0.2, 0) is 22.9 Å². The Kier molecular flexibility index (Phi) is 4.17. The number of halogens is 1. The molecule has 0 aromatic carbocycles. The Balaban J connectivity index is 1.70. The van der Waals surface area contributed by atoms with Crippen LogP contribution in [-0.4, -0.2) is 55.2 Å². The average Bonchev–Trinajstić information content (AvgIpc) is 3.05. The molecule has 0 saturated carbocycles. The van der Waals surface area contributed by atoms with E-state index >= 15 is 4.39 Å². The summed E-state index contributed by atoms with van der Waals surface area (Å²) in [5.41, 5.74) is 3.57. The average molecular weight is 403 g/mol. The zero-order chi connectivity index (χ0) is 19.6. The number of ether oxygens (including phenoxy) is 1. The molecule has 0 bridgehead atoms. The fourth-order valence-electron chi connectivity index (χ4n) is 3.25. The van der Waals surface area contributed by atoms with Crippen LogP contribution in [0, 0.1) is 0 Å². The van der Waals surface area contributed by atoms with Crippen LogP contribution in [0.3, 0.4) is 0 Å². The van der Waals surface area contributed by atoms with Gasteiger partial charge >= 0.3 is 7.82 Å². The highest BCUT2D eigenvalue weighted by molar-refractivity contribution is 7.48. The van der Waals surface area contributed by atoms with Crippen molar-refractivity contribution in [2.45, 2.75) is 51.0 Å². The van der Waals surface area contributed by atoms with E-state index in [4.69, 9.17) is 24.0 Å². The van der Waals surface area contributed by atoms with Gasteiger partial charge in [-0.2, -0.15) is 9.97 Å². The SMILES string of the molecule is CC(C)OP1(=O)OC[C@H]2O[C@@H](n3cnc4c(O)nc(N)nc43)[C@](C)(F)[C@@H]2O1. The molecule has 0 amide bonds. The van der Waals surface area contributed by atoms with Gasteiger partial charge in [-0.15, -0.1) is 0 Å². The Morgan fingerprint density at radius 3 is 2.96 bits per heavy atom. The van der Waals surface area contributed by atoms with Crippen LogP contribution in [0.2, 0.25) is 0 Å². The molecule has 13 heteroatoms. The monoisotopic (exact) mass is 403 g/mol. The van der Waals surface area contributed by atoms with E-state index in [-0.39, 0.29) is 23.7 Å². The van der Waals surface area contributed by atoms with E-state index in [2.05, 4.69) is 15.0 Å². The number of nitrogen functional groups attached to an aromatic ring is 1. The Morgan fingerprint density at radius 2 is 2.26 bits per heavy atom. The number of rotatable bonds is 3. The summed E-state index contributed by atoms with van der Waals surface area (Å²) < 4.78 is 51.1. The van der Waals surface area contributed by atoms with Gasteiger partial charge in [0.2, 0.25) is 11.8 Å². The molecule has 2 aromatic heterocycles. The quantitative estimate of drug-likeness (QED) is 0.726. The molecule has 27 heavy (non-hydrogen) atoms. The lowest BCUT2D eigenvalue weighted by Gasteiger charge is -2.34. The van der Waals surface area contributed by atoms with Crippen molar-refractivity contribution >= 4 is 24.9 Å². The summed E-state index contributed by atoms with van der Waals surface area (Å²) in [5.74, 6) is -0.631. The number of fused-ring (bicyclic) bond motifs is 2. The van der Waals surface area contributed by atoms with Crippen molar-refractivity contribution in [2.75, 3.05) is 12.3 Å². The third-order valence-corrected chi connectivity index (χ3v) is 5.96. The predicted molar refractivity (Wildman–Crippen MR) is 89.5 cm³/mol. The number of aromatic nitrogens is 4. The molecule has 2 aliphatic heterocycles.